The fraction of sp³-hybridized carbons (Fsp3) is 0.0426. The Morgan fingerprint density at radius 1 is 0.333 bits per heavy atom. The van der Waals surface area contributed by atoms with Crippen molar-refractivity contribution in [3.05, 3.63) is 193 Å². The second-order valence-corrected chi connectivity index (χ2v) is 12.8. The quantitative estimate of drug-likeness (QED) is 0.189. The molecule has 0 N–H and O–H groups in total. The predicted octanol–water partition coefficient (Wildman–Crippen LogP) is 11.4. The second-order valence-electron chi connectivity index (χ2n) is 12.8. The molecule has 4 heteroatoms. The third-order valence-corrected chi connectivity index (χ3v) is 9.55. The molecule has 0 amide bonds. The van der Waals surface area contributed by atoms with Crippen LogP contribution in [0.5, 0.6) is 5.75 Å². The van der Waals surface area contributed by atoms with Crippen LogP contribution in [0.25, 0.3) is 67.5 Å². The highest BCUT2D eigenvalue weighted by atomic mass is 16.5. The standard InChI is InChI=1S/C47H33N3O/c1-3-13-32(14-4-1)33-23-25-35(26-24-33)46-48-45(34-15-5-2-6-16-34)49-47(50-46)38-28-27-37-29-36-17-7-9-19-40(36)42-21-11-12-22-44(42)51-31-39-18-8-10-20-41(39)43(37)30-38/h1-28,30H,29,31H2. The molecule has 0 saturated carbocycles. The van der Waals surface area contributed by atoms with Gasteiger partial charge < -0.3 is 4.74 Å². The van der Waals surface area contributed by atoms with Gasteiger partial charge >= 0.3 is 0 Å². The maximum atomic E-state index is 6.57. The number of hydrogen-bond donors (Lipinski definition) is 0. The summed E-state index contributed by atoms with van der Waals surface area (Å²) in [7, 11) is 0. The van der Waals surface area contributed by atoms with Gasteiger partial charge in [0.25, 0.3) is 0 Å². The average molecular weight is 656 g/mol. The number of rotatable bonds is 4. The van der Waals surface area contributed by atoms with Gasteiger partial charge in [-0.25, -0.2) is 15.0 Å². The Morgan fingerprint density at radius 2 is 0.784 bits per heavy atom. The van der Waals surface area contributed by atoms with Gasteiger partial charge in [-0.15, -0.1) is 0 Å². The first kappa shape index (κ1) is 30.4. The SMILES string of the molecule is c1ccc(-c2ccc(-c3nc(-c4ccccc4)nc(-c4ccc5c(c4)-c4ccccc4COc4ccccc4-c4ccccc4C5)n3)cc2)cc1. The first-order chi connectivity index (χ1) is 25.3. The molecule has 8 aromatic rings. The zero-order valence-electron chi connectivity index (χ0n) is 27.9. The largest absolute Gasteiger partial charge is 0.488 e. The van der Waals surface area contributed by atoms with Gasteiger partial charge in [0.2, 0.25) is 0 Å². The molecule has 0 saturated heterocycles. The Kier molecular flexibility index (Phi) is 7.95. The maximum absolute atomic E-state index is 6.57. The third-order valence-electron chi connectivity index (χ3n) is 9.55. The topological polar surface area (TPSA) is 47.9 Å². The Labute approximate surface area is 297 Å². The third kappa shape index (κ3) is 6.09. The molecule has 0 unspecified atom stereocenters. The van der Waals surface area contributed by atoms with Crippen LogP contribution in [0.4, 0.5) is 0 Å². The summed E-state index contributed by atoms with van der Waals surface area (Å²) < 4.78 is 6.57. The van der Waals surface area contributed by atoms with Crippen molar-refractivity contribution < 1.29 is 4.74 Å². The van der Waals surface area contributed by atoms with Gasteiger partial charge in [0.15, 0.2) is 17.5 Å². The van der Waals surface area contributed by atoms with Crippen LogP contribution in [0.3, 0.4) is 0 Å². The van der Waals surface area contributed by atoms with Gasteiger partial charge in [-0.1, -0.05) is 164 Å². The second kappa shape index (κ2) is 13.3. The van der Waals surface area contributed by atoms with E-state index in [1.807, 2.05) is 42.5 Å². The van der Waals surface area contributed by atoms with Crippen molar-refractivity contribution in [2.24, 2.45) is 0 Å². The first-order valence-corrected chi connectivity index (χ1v) is 17.3. The minimum atomic E-state index is 0.450. The molecule has 242 valence electrons. The Hall–Kier alpha value is -6.65. The molecule has 0 spiro atoms. The lowest BCUT2D eigenvalue weighted by molar-refractivity contribution is 0.308. The van der Waals surface area contributed by atoms with E-state index in [4.69, 9.17) is 19.7 Å². The molecular formula is C47H33N3O. The molecule has 0 radical (unpaired) electrons. The number of aromatic nitrogens is 3. The molecule has 1 aromatic heterocycles. The molecule has 2 heterocycles. The Morgan fingerprint density at radius 3 is 1.49 bits per heavy atom. The minimum absolute atomic E-state index is 0.450. The Balaban J connectivity index is 1.19. The highest BCUT2D eigenvalue weighted by Crippen LogP contribution is 2.39. The predicted molar refractivity (Wildman–Crippen MR) is 206 cm³/mol. The minimum Gasteiger partial charge on any atom is -0.488 e. The lowest BCUT2D eigenvalue weighted by Gasteiger charge is -2.16. The van der Waals surface area contributed by atoms with Crippen molar-refractivity contribution >= 4 is 0 Å². The number of fused-ring (bicyclic) bond motifs is 6. The van der Waals surface area contributed by atoms with Crippen molar-refractivity contribution in [2.45, 2.75) is 13.0 Å². The lowest BCUT2D eigenvalue weighted by Crippen LogP contribution is -2.02. The zero-order chi connectivity index (χ0) is 34.0. The normalized spacial score (nSPS) is 11.9. The van der Waals surface area contributed by atoms with Crippen molar-refractivity contribution in [1.29, 1.82) is 0 Å². The first-order valence-electron chi connectivity index (χ1n) is 17.3. The molecule has 1 aliphatic heterocycles. The lowest BCUT2D eigenvalue weighted by atomic mass is 9.88. The monoisotopic (exact) mass is 655 g/mol. The number of hydrogen-bond acceptors (Lipinski definition) is 4. The molecule has 0 fully saturated rings. The van der Waals surface area contributed by atoms with E-state index in [1.165, 1.54) is 22.3 Å². The Bertz CT molecular complexity index is 2490. The fourth-order valence-corrected chi connectivity index (χ4v) is 6.94. The molecule has 0 bridgehead atoms. The van der Waals surface area contributed by atoms with Crippen LogP contribution in [0.2, 0.25) is 0 Å². The van der Waals surface area contributed by atoms with Gasteiger partial charge in [-0.2, -0.15) is 0 Å². The molecule has 0 aliphatic carbocycles. The van der Waals surface area contributed by atoms with Crippen molar-refractivity contribution in [3.63, 3.8) is 0 Å². The van der Waals surface area contributed by atoms with E-state index < -0.39 is 0 Å². The van der Waals surface area contributed by atoms with Gasteiger partial charge in [-0.05, 0) is 63.1 Å². The average Bonchev–Trinajstić information content (AvgIpc) is 3.23. The summed E-state index contributed by atoms with van der Waals surface area (Å²) in [6.07, 6.45) is 0.764. The van der Waals surface area contributed by atoms with Crippen molar-refractivity contribution in [3.8, 4) is 73.3 Å². The summed E-state index contributed by atoms with van der Waals surface area (Å²) in [4.78, 5) is 15.2. The molecule has 4 nitrogen and oxygen atoms in total. The summed E-state index contributed by atoms with van der Waals surface area (Å²) in [5, 5.41) is 0. The highest BCUT2D eigenvalue weighted by Gasteiger charge is 2.19. The smallest absolute Gasteiger partial charge is 0.164 e. The van der Waals surface area contributed by atoms with Crippen LogP contribution < -0.4 is 4.74 Å². The van der Waals surface area contributed by atoms with E-state index >= 15 is 0 Å². The van der Waals surface area contributed by atoms with Crippen molar-refractivity contribution in [2.75, 3.05) is 0 Å². The summed E-state index contributed by atoms with van der Waals surface area (Å²) in [6.45, 7) is 0.450. The summed E-state index contributed by atoms with van der Waals surface area (Å²) >= 11 is 0. The van der Waals surface area contributed by atoms with Gasteiger partial charge in [0, 0.05) is 22.3 Å². The maximum Gasteiger partial charge on any atom is 0.164 e. The van der Waals surface area contributed by atoms with Crippen LogP contribution in [0.1, 0.15) is 16.7 Å². The fourth-order valence-electron chi connectivity index (χ4n) is 6.94. The van der Waals surface area contributed by atoms with Crippen LogP contribution in [-0.4, -0.2) is 15.0 Å². The number of benzene rings is 7. The van der Waals surface area contributed by atoms with Crippen LogP contribution in [-0.2, 0) is 13.0 Å². The molecule has 1 aliphatic rings. The zero-order valence-corrected chi connectivity index (χ0v) is 27.9. The van der Waals surface area contributed by atoms with E-state index in [9.17, 15) is 0 Å². The molecule has 0 atom stereocenters. The number of nitrogens with zero attached hydrogens (tertiary/aromatic N) is 3. The molecule has 51 heavy (non-hydrogen) atoms. The highest BCUT2D eigenvalue weighted by molar-refractivity contribution is 5.80. The van der Waals surface area contributed by atoms with E-state index in [-0.39, 0.29) is 0 Å². The van der Waals surface area contributed by atoms with Crippen LogP contribution in [0, 0.1) is 0 Å². The van der Waals surface area contributed by atoms with E-state index in [1.54, 1.807) is 0 Å². The van der Waals surface area contributed by atoms with Gasteiger partial charge in [-0.3, -0.25) is 0 Å². The summed E-state index contributed by atoms with van der Waals surface area (Å²) in [6, 6.07) is 61.1. The van der Waals surface area contributed by atoms with Gasteiger partial charge in [0.05, 0.1) is 0 Å². The van der Waals surface area contributed by atoms with Crippen molar-refractivity contribution in [1.82, 2.24) is 15.0 Å². The molecular weight excluding hydrogens is 623 g/mol. The van der Waals surface area contributed by atoms with Crippen LogP contribution in [0.15, 0.2) is 176 Å². The van der Waals surface area contributed by atoms with Crippen LogP contribution >= 0.6 is 0 Å². The molecule has 9 rings (SSSR count). The summed E-state index contributed by atoms with van der Waals surface area (Å²) in [5.74, 6) is 2.79. The van der Waals surface area contributed by atoms with E-state index in [0.717, 1.165) is 56.7 Å². The molecule has 7 aromatic carbocycles. The van der Waals surface area contributed by atoms with E-state index in [2.05, 4.69) is 133 Å². The number of ether oxygens (including phenoxy) is 1. The number of para-hydroxylation sites is 1. The summed E-state index contributed by atoms with van der Waals surface area (Å²) in [5.41, 5.74) is 13.3. The van der Waals surface area contributed by atoms with E-state index in [0.29, 0.717) is 24.1 Å². The van der Waals surface area contributed by atoms with Gasteiger partial charge in [0.1, 0.15) is 12.4 Å².